The first-order valence-corrected chi connectivity index (χ1v) is 10.2. The second-order valence-electron chi connectivity index (χ2n) is 6.39. The molecule has 0 spiro atoms. The Hall–Kier alpha value is -3.39. The van der Waals surface area contributed by atoms with Crippen LogP contribution in [-0.4, -0.2) is 4.57 Å². The van der Waals surface area contributed by atoms with Gasteiger partial charge >= 0.3 is 0 Å². The van der Waals surface area contributed by atoms with E-state index in [2.05, 4.69) is 28.1 Å². The van der Waals surface area contributed by atoms with Crippen LogP contribution in [0.15, 0.2) is 69.4 Å². The number of aromatic nitrogens is 1. The van der Waals surface area contributed by atoms with E-state index in [0.717, 1.165) is 15.6 Å². The number of rotatable bonds is 2. The molecule has 1 unspecified atom stereocenters. The Morgan fingerprint density at radius 1 is 1.07 bits per heavy atom. The smallest absolute Gasteiger partial charge is 0.274 e. The summed E-state index contributed by atoms with van der Waals surface area (Å²) in [6, 6.07) is 21.2. The fourth-order valence-electron chi connectivity index (χ4n) is 3.37. The van der Waals surface area contributed by atoms with Gasteiger partial charge in [0.15, 0.2) is 0 Å². The lowest BCUT2D eigenvalue weighted by atomic mass is 9.84. The molecule has 7 heteroatoms. The number of nitrogens with zero attached hydrogens (tertiary/aromatic N) is 3. The number of halogens is 1. The molecular weight excluding hydrogens is 448 g/mol. The molecule has 2 N–H and O–H groups in total. The van der Waals surface area contributed by atoms with Crippen molar-refractivity contribution in [2.45, 2.75) is 5.92 Å². The van der Waals surface area contributed by atoms with Crippen molar-refractivity contribution in [1.29, 1.82) is 10.5 Å². The number of allylic oxidation sites excluding steroid dienone is 1. The molecule has 5 nitrogen and oxygen atoms in total. The molecular formula is C22H13BrN4OS. The summed E-state index contributed by atoms with van der Waals surface area (Å²) in [4.78, 5) is 13.0. The molecule has 0 saturated heterocycles. The number of thiazole rings is 1. The molecule has 140 valence electrons. The van der Waals surface area contributed by atoms with Gasteiger partial charge in [-0.3, -0.25) is 9.36 Å². The first-order chi connectivity index (χ1) is 14.0. The van der Waals surface area contributed by atoms with E-state index in [0.29, 0.717) is 14.8 Å². The molecule has 2 heterocycles. The highest BCUT2D eigenvalue weighted by molar-refractivity contribution is 9.10. The Morgan fingerprint density at radius 2 is 1.79 bits per heavy atom. The second-order valence-corrected chi connectivity index (χ2v) is 8.34. The average molecular weight is 461 g/mol. The molecule has 1 aliphatic heterocycles. The minimum absolute atomic E-state index is 0.0698. The molecule has 0 fully saturated rings. The topological polar surface area (TPSA) is 95.6 Å². The zero-order valence-electron chi connectivity index (χ0n) is 15.0. The summed E-state index contributed by atoms with van der Waals surface area (Å²) >= 11 is 4.64. The maximum atomic E-state index is 13.0. The minimum Gasteiger partial charge on any atom is -0.384 e. The fourth-order valence-corrected chi connectivity index (χ4v) is 4.92. The Morgan fingerprint density at radius 3 is 2.45 bits per heavy atom. The zero-order chi connectivity index (χ0) is 20.5. The van der Waals surface area contributed by atoms with Gasteiger partial charge in [0.2, 0.25) is 0 Å². The summed E-state index contributed by atoms with van der Waals surface area (Å²) in [5, 5.41) is 19.7. The van der Waals surface area contributed by atoms with Crippen LogP contribution in [0.3, 0.4) is 0 Å². The van der Waals surface area contributed by atoms with Gasteiger partial charge in [0.05, 0.1) is 33.7 Å². The summed E-state index contributed by atoms with van der Waals surface area (Å²) in [6.45, 7) is 0. The number of hydrogen-bond acceptors (Lipinski definition) is 5. The maximum absolute atomic E-state index is 13.0. The van der Waals surface area contributed by atoms with Crippen LogP contribution < -0.4 is 20.5 Å². The Kier molecular flexibility index (Phi) is 4.94. The number of fused-ring (bicyclic) bond motifs is 1. The van der Waals surface area contributed by atoms with Gasteiger partial charge in [0, 0.05) is 4.47 Å². The SMILES string of the molecule is N#CC1=C(N)n2c(sc(=Cc3ccccc3)c2=O)=C(C#N)C1c1cccc(Br)c1. The van der Waals surface area contributed by atoms with Gasteiger partial charge in [-0.2, -0.15) is 10.5 Å². The molecule has 29 heavy (non-hydrogen) atoms. The number of nitriles is 2. The summed E-state index contributed by atoms with van der Waals surface area (Å²) in [5.74, 6) is -0.550. The molecule has 2 aromatic carbocycles. The van der Waals surface area contributed by atoms with Crippen LogP contribution in [0, 0.1) is 22.7 Å². The van der Waals surface area contributed by atoms with Crippen molar-refractivity contribution >= 4 is 44.7 Å². The third kappa shape index (κ3) is 3.21. The summed E-state index contributed by atoms with van der Waals surface area (Å²) in [5.41, 5.74) is 8.10. The van der Waals surface area contributed by atoms with E-state index >= 15 is 0 Å². The van der Waals surface area contributed by atoms with Crippen molar-refractivity contribution < 1.29 is 0 Å². The standard InChI is InChI=1S/C22H13BrN4OS/c23-15-8-4-7-14(10-15)19-16(11-24)20(26)27-21(28)18(29-22(27)17(19)12-25)9-13-5-2-1-3-6-13/h1-10,19H,26H2. The van der Waals surface area contributed by atoms with Gasteiger partial charge in [-0.1, -0.05) is 58.4 Å². The first-order valence-electron chi connectivity index (χ1n) is 8.63. The summed E-state index contributed by atoms with van der Waals surface area (Å²) in [6.07, 6.45) is 1.76. The maximum Gasteiger partial charge on any atom is 0.274 e. The average Bonchev–Trinajstić information content (AvgIpc) is 3.05. The van der Waals surface area contributed by atoms with Crippen molar-refractivity contribution in [1.82, 2.24) is 4.57 Å². The van der Waals surface area contributed by atoms with Crippen LogP contribution in [0.4, 0.5) is 0 Å². The normalized spacial score (nSPS) is 16.3. The lowest BCUT2D eigenvalue weighted by molar-refractivity contribution is 0.906. The zero-order valence-corrected chi connectivity index (χ0v) is 17.4. The molecule has 0 bridgehead atoms. The van der Waals surface area contributed by atoms with Crippen LogP contribution in [0.25, 0.3) is 17.5 Å². The minimum atomic E-state index is -0.620. The van der Waals surface area contributed by atoms with Crippen LogP contribution in [-0.2, 0) is 0 Å². The van der Waals surface area contributed by atoms with Crippen molar-refractivity contribution in [3.63, 3.8) is 0 Å². The van der Waals surface area contributed by atoms with Crippen molar-refractivity contribution in [2.75, 3.05) is 0 Å². The molecule has 0 saturated carbocycles. The second kappa shape index (κ2) is 7.56. The van der Waals surface area contributed by atoms with Crippen LogP contribution in [0.5, 0.6) is 0 Å². The highest BCUT2D eigenvalue weighted by atomic mass is 79.9. The Labute approximate surface area is 178 Å². The van der Waals surface area contributed by atoms with Crippen molar-refractivity contribution in [2.24, 2.45) is 5.73 Å². The van der Waals surface area contributed by atoms with Crippen LogP contribution in [0.1, 0.15) is 17.0 Å². The quantitative estimate of drug-likeness (QED) is 0.635. The predicted molar refractivity (Wildman–Crippen MR) is 117 cm³/mol. The van der Waals surface area contributed by atoms with Gasteiger partial charge < -0.3 is 5.73 Å². The lowest BCUT2D eigenvalue weighted by Gasteiger charge is -2.22. The lowest BCUT2D eigenvalue weighted by Crippen LogP contribution is -2.38. The van der Waals surface area contributed by atoms with Gasteiger partial charge in [0.1, 0.15) is 10.5 Å². The van der Waals surface area contributed by atoms with Crippen LogP contribution >= 0.6 is 27.3 Å². The third-order valence-electron chi connectivity index (χ3n) is 4.67. The number of hydrogen-bond donors (Lipinski definition) is 1. The molecule has 1 atom stereocenters. The van der Waals surface area contributed by atoms with E-state index < -0.39 is 5.92 Å². The molecule has 4 rings (SSSR count). The van der Waals surface area contributed by atoms with Gasteiger partial charge in [0.25, 0.3) is 5.56 Å². The highest BCUT2D eigenvalue weighted by Crippen LogP contribution is 2.36. The molecule has 3 aromatic rings. The van der Waals surface area contributed by atoms with Crippen molar-refractivity contribution in [3.05, 3.63) is 95.3 Å². The van der Waals surface area contributed by atoms with E-state index in [4.69, 9.17) is 5.73 Å². The van der Waals surface area contributed by atoms with E-state index in [1.54, 1.807) is 6.08 Å². The van der Waals surface area contributed by atoms with Gasteiger partial charge in [-0.15, -0.1) is 11.3 Å². The highest BCUT2D eigenvalue weighted by Gasteiger charge is 2.32. The molecule has 0 radical (unpaired) electrons. The largest absolute Gasteiger partial charge is 0.384 e. The molecule has 1 aliphatic rings. The van der Waals surface area contributed by atoms with Crippen LogP contribution in [0.2, 0.25) is 0 Å². The van der Waals surface area contributed by atoms with Crippen molar-refractivity contribution in [3.8, 4) is 12.1 Å². The summed E-state index contributed by atoms with van der Waals surface area (Å²) < 4.78 is 3.02. The third-order valence-corrected chi connectivity index (χ3v) is 6.27. The Bertz CT molecular complexity index is 1420. The predicted octanol–water partition coefficient (Wildman–Crippen LogP) is 2.62. The molecule has 0 amide bonds. The molecule has 1 aromatic heterocycles. The van der Waals surface area contributed by atoms with E-state index in [1.807, 2.05) is 54.6 Å². The van der Waals surface area contributed by atoms with E-state index in [1.165, 1.54) is 15.9 Å². The van der Waals surface area contributed by atoms with E-state index in [9.17, 15) is 15.3 Å². The molecule has 0 aliphatic carbocycles. The first kappa shape index (κ1) is 18.9. The van der Waals surface area contributed by atoms with E-state index in [-0.39, 0.29) is 17.0 Å². The number of nitrogens with two attached hydrogens (primary N) is 1. The number of benzene rings is 2. The Balaban J connectivity index is 2.08. The monoisotopic (exact) mass is 460 g/mol. The fraction of sp³-hybridized carbons (Fsp3) is 0.0455. The van der Waals surface area contributed by atoms with Gasteiger partial charge in [-0.05, 0) is 29.3 Å². The summed E-state index contributed by atoms with van der Waals surface area (Å²) in [7, 11) is 0. The van der Waals surface area contributed by atoms with Gasteiger partial charge in [-0.25, -0.2) is 0 Å².